The van der Waals surface area contributed by atoms with Crippen LogP contribution in [0.3, 0.4) is 0 Å². The number of benzene rings is 2. The number of halogens is 3. The number of nitrogens with one attached hydrogen (secondary N) is 1. The monoisotopic (exact) mass is 378 g/mol. The number of nitrogen functional groups attached to an aromatic ring is 1. The molecule has 0 amide bonds. The molecule has 0 unspecified atom stereocenters. The molecular formula is C17H13F3N4OS. The van der Waals surface area contributed by atoms with Gasteiger partial charge in [-0.3, -0.25) is 5.43 Å². The fourth-order valence-electron chi connectivity index (χ4n) is 2.06. The molecule has 0 aliphatic carbocycles. The van der Waals surface area contributed by atoms with Gasteiger partial charge in [-0.25, -0.2) is 18.2 Å². The van der Waals surface area contributed by atoms with Crippen molar-refractivity contribution >= 4 is 28.5 Å². The van der Waals surface area contributed by atoms with Crippen LogP contribution in [0.5, 0.6) is 5.75 Å². The molecule has 0 fully saturated rings. The molecule has 0 saturated carbocycles. The van der Waals surface area contributed by atoms with E-state index in [1.54, 1.807) is 29.8 Å². The number of hydrazone groups is 1. The molecule has 0 aliphatic rings. The summed E-state index contributed by atoms with van der Waals surface area (Å²) >= 11 is 1.31. The van der Waals surface area contributed by atoms with Crippen molar-refractivity contribution < 1.29 is 17.9 Å². The van der Waals surface area contributed by atoms with Crippen molar-refractivity contribution in [3.05, 3.63) is 70.4 Å². The van der Waals surface area contributed by atoms with Crippen LogP contribution in [0.25, 0.3) is 0 Å². The molecule has 134 valence electrons. The van der Waals surface area contributed by atoms with Crippen molar-refractivity contribution in [2.45, 2.75) is 6.61 Å². The first kappa shape index (κ1) is 17.7. The summed E-state index contributed by atoms with van der Waals surface area (Å²) < 4.78 is 44.8. The van der Waals surface area contributed by atoms with E-state index in [0.29, 0.717) is 10.9 Å². The molecule has 0 saturated heterocycles. The number of nitrogens with two attached hydrogens (primary N) is 1. The summed E-state index contributed by atoms with van der Waals surface area (Å²) in [7, 11) is 0. The van der Waals surface area contributed by atoms with Crippen LogP contribution in [-0.4, -0.2) is 11.2 Å². The molecule has 3 rings (SSSR count). The number of ether oxygens (including phenoxy) is 1. The summed E-state index contributed by atoms with van der Waals surface area (Å²) in [6.45, 7) is 0.0247. The average Bonchev–Trinajstić information content (AvgIpc) is 3.04. The maximum atomic E-state index is 13.2. The Morgan fingerprint density at radius 3 is 2.62 bits per heavy atom. The fraction of sp³-hybridized carbons (Fsp3) is 0.0588. The third-order valence-corrected chi connectivity index (χ3v) is 4.06. The molecule has 5 nitrogen and oxygen atoms in total. The van der Waals surface area contributed by atoms with E-state index < -0.39 is 17.5 Å². The fourth-order valence-corrected chi connectivity index (χ4v) is 2.61. The van der Waals surface area contributed by atoms with Gasteiger partial charge in [-0.2, -0.15) is 5.10 Å². The van der Waals surface area contributed by atoms with Gasteiger partial charge in [-0.1, -0.05) is 24.3 Å². The third kappa shape index (κ3) is 4.31. The Labute approximate surface area is 151 Å². The van der Waals surface area contributed by atoms with E-state index in [0.717, 1.165) is 23.3 Å². The molecule has 3 aromatic rings. The first-order valence-electron chi connectivity index (χ1n) is 7.38. The Hall–Kier alpha value is -3.07. The topological polar surface area (TPSA) is 72.5 Å². The molecule has 0 spiro atoms. The third-order valence-electron chi connectivity index (χ3n) is 3.29. The first-order valence-corrected chi connectivity index (χ1v) is 8.26. The quantitative estimate of drug-likeness (QED) is 0.384. The predicted molar refractivity (Wildman–Crippen MR) is 94.8 cm³/mol. The highest BCUT2D eigenvalue weighted by atomic mass is 32.1. The Morgan fingerprint density at radius 1 is 1.19 bits per heavy atom. The van der Waals surface area contributed by atoms with Gasteiger partial charge >= 0.3 is 0 Å². The Balaban J connectivity index is 1.69. The number of hydrogen-bond donors (Lipinski definition) is 2. The Kier molecular flexibility index (Phi) is 5.37. The highest BCUT2D eigenvalue weighted by Crippen LogP contribution is 2.21. The minimum atomic E-state index is -1.53. The minimum absolute atomic E-state index is 0.0247. The van der Waals surface area contributed by atoms with Crippen molar-refractivity contribution in [3.8, 4) is 5.75 Å². The lowest BCUT2D eigenvalue weighted by molar-refractivity contribution is 0.299. The second-order valence-corrected chi connectivity index (χ2v) is 5.99. The zero-order valence-corrected chi connectivity index (χ0v) is 14.1. The Bertz CT molecular complexity index is 922. The predicted octanol–water partition coefficient (Wildman–Crippen LogP) is 4.17. The molecule has 3 N–H and O–H groups in total. The molecule has 0 radical (unpaired) electrons. The molecule has 26 heavy (non-hydrogen) atoms. The van der Waals surface area contributed by atoms with Gasteiger partial charge in [-0.15, -0.1) is 11.3 Å². The van der Waals surface area contributed by atoms with Crippen molar-refractivity contribution in [2.75, 3.05) is 11.2 Å². The second-order valence-electron chi connectivity index (χ2n) is 5.14. The molecule has 1 heterocycles. The molecule has 9 heteroatoms. The zero-order chi connectivity index (χ0) is 18.5. The number of aromatic nitrogens is 1. The molecule has 0 bridgehead atoms. The Morgan fingerprint density at radius 2 is 1.92 bits per heavy atom. The van der Waals surface area contributed by atoms with Crippen molar-refractivity contribution in [1.82, 2.24) is 4.98 Å². The summed E-state index contributed by atoms with van der Waals surface area (Å²) in [6.07, 6.45) is 1.56. The van der Waals surface area contributed by atoms with Crippen LogP contribution < -0.4 is 15.9 Å². The highest BCUT2D eigenvalue weighted by Gasteiger charge is 2.11. The van der Waals surface area contributed by atoms with E-state index in [2.05, 4.69) is 15.5 Å². The van der Waals surface area contributed by atoms with Gasteiger partial charge in [0.1, 0.15) is 18.2 Å². The van der Waals surface area contributed by atoms with Gasteiger partial charge in [-0.05, 0) is 5.56 Å². The summed E-state index contributed by atoms with van der Waals surface area (Å²) in [5.41, 5.74) is 9.73. The van der Waals surface area contributed by atoms with Crippen LogP contribution in [0.4, 0.5) is 24.1 Å². The van der Waals surface area contributed by atoms with Gasteiger partial charge in [0, 0.05) is 23.1 Å². The average molecular weight is 378 g/mol. The zero-order valence-electron chi connectivity index (χ0n) is 13.2. The number of rotatable bonds is 6. The maximum absolute atomic E-state index is 13.2. The molecule has 2 aromatic carbocycles. The van der Waals surface area contributed by atoms with Crippen molar-refractivity contribution in [1.29, 1.82) is 0 Å². The molecule has 1 aromatic heterocycles. The summed E-state index contributed by atoms with van der Waals surface area (Å²) in [5.74, 6) is -3.84. The van der Waals surface area contributed by atoms with Gasteiger partial charge in [0.05, 0.1) is 6.21 Å². The standard InChI is InChI=1S/C17H13F3N4OS/c18-13-5-12(6-14(19)16(13)20)25-8-11-4-2-1-3-10(11)7-22-24-17-23-15(21)9-26-17/h1-7,9H,8,21H2,(H,23,24). The lowest BCUT2D eigenvalue weighted by atomic mass is 10.1. The largest absolute Gasteiger partial charge is 0.489 e. The van der Waals surface area contributed by atoms with Gasteiger partial charge < -0.3 is 10.5 Å². The maximum Gasteiger partial charge on any atom is 0.205 e. The lowest BCUT2D eigenvalue weighted by Crippen LogP contribution is -2.02. The number of hydrogen-bond acceptors (Lipinski definition) is 6. The highest BCUT2D eigenvalue weighted by molar-refractivity contribution is 7.14. The van der Waals surface area contributed by atoms with Crippen molar-refractivity contribution in [3.63, 3.8) is 0 Å². The van der Waals surface area contributed by atoms with Gasteiger partial charge in [0.15, 0.2) is 17.5 Å². The minimum Gasteiger partial charge on any atom is -0.489 e. The van der Waals surface area contributed by atoms with Crippen molar-refractivity contribution in [2.24, 2.45) is 5.10 Å². The van der Waals surface area contributed by atoms with Crippen LogP contribution in [0.2, 0.25) is 0 Å². The lowest BCUT2D eigenvalue weighted by Gasteiger charge is -2.09. The van der Waals surface area contributed by atoms with Crippen LogP contribution >= 0.6 is 11.3 Å². The van der Waals surface area contributed by atoms with Crippen LogP contribution in [0.1, 0.15) is 11.1 Å². The molecule has 0 atom stereocenters. The SMILES string of the molecule is Nc1csc(NN=Cc2ccccc2COc2cc(F)c(F)c(F)c2)n1. The van der Waals surface area contributed by atoms with Gasteiger partial charge in [0.25, 0.3) is 0 Å². The van der Waals surface area contributed by atoms with Gasteiger partial charge in [0.2, 0.25) is 5.13 Å². The van der Waals surface area contributed by atoms with Crippen LogP contribution in [0.15, 0.2) is 46.9 Å². The normalized spacial score (nSPS) is 11.0. The van der Waals surface area contributed by atoms with E-state index in [9.17, 15) is 13.2 Å². The van der Waals surface area contributed by atoms with Crippen LogP contribution in [-0.2, 0) is 6.61 Å². The van der Waals surface area contributed by atoms with E-state index in [1.807, 2.05) is 6.07 Å². The summed E-state index contributed by atoms with van der Waals surface area (Å²) in [4.78, 5) is 4.01. The summed E-state index contributed by atoms with van der Waals surface area (Å²) in [5, 5.41) is 6.30. The van der Waals surface area contributed by atoms with E-state index in [1.165, 1.54) is 11.3 Å². The molecule has 0 aliphatic heterocycles. The van der Waals surface area contributed by atoms with E-state index >= 15 is 0 Å². The van der Waals surface area contributed by atoms with Crippen LogP contribution in [0, 0.1) is 17.5 Å². The number of nitrogens with zero attached hydrogens (tertiary/aromatic N) is 2. The number of thiazole rings is 1. The molecular weight excluding hydrogens is 365 g/mol. The second kappa shape index (κ2) is 7.87. The van der Waals surface area contributed by atoms with E-state index in [4.69, 9.17) is 10.5 Å². The number of anilines is 2. The summed E-state index contributed by atoms with van der Waals surface area (Å²) in [6, 6.07) is 8.76. The van der Waals surface area contributed by atoms with E-state index in [-0.39, 0.29) is 12.4 Å². The first-order chi connectivity index (χ1) is 12.5. The smallest absolute Gasteiger partial charge is 0.205 e.